The normalized spacial score (nSPS) is 10.5. The molecular weight excluding hydrogens is 258 g/mol. The second kappa shape index (κ2) is 5.60. The molecule has 106 valence electrons. The van der Waals surface area contributed by atoms with E-state index in [1.54, 1.807) is 4.68 Å². The predicted molar refractivity (Wildman–Crippen MR) is 75.5 cm³/mol. The highest BCUT2D eigenvalue weighted by molar-refractivity contribution is 5.94. The number of aromatic carboxylic acids is 1. The molecule has 2 rings (SSSR count). The second-order valence-corrected chi connectivity index (χ2v) is 4.45. The maximum atomic E-state index is 11.2. The highest BCUT2D eigenvalue weighted by Crippen LogP contribution is 2.17. The number of carboxylic acids is 1. The molecule has 0 fully saturated rings. The van der Waals surface area contributed by atoms with Gasteiger partial charge in [0, 0.05) is 25.4 Å². The zero-order chi connectivity index (χ0) is 14.7. The van der Waals surface area contributed by atoms with Gasteiger partial charge in [0.05, 0.1) is 17.6 Å². The van der Waals surface area contributed by atoms with E-state index in [2.05, 4.69) is 15.4 Å². The van der Waals surface area contributed by atoms with Crippen molar-refractivity contribution in [1.29, 1.82) is 0 Å². The molecule has 0 aromatic carbocycles. The smallest absolute Gasteiger partial charge is 0.339 e. The summed E-state index contributed by atoms with van der Waals surface area (Å²) in [6.45, 7) is 2.49. The number of nitrogens with one attached hydrogen (secondary N) is 1. The highest BCUT2D eigenvalue weighted by Gasteiger charge is 2.13. The maximum absolute atomic E-state index is 11.2. The Morgan fingerprint density at radius 2 is 2.30 bits per heavy atom. The van der Waals surface area contributed by atoms with E-state index in [1.165, 1.54) is 12.3 Å². The number of nitrogens with two attached hydrogens (primary N) is 1. The molecule has 0 bridgehead atoms. The van der Waals surface area contributed by atoms with Gasteiger partial charge >= 0.3 is 5.97 Å². The molecule has 0 aliphatic carbocycles. The lowest BCUT2D eigenvalue weighted by Crippen LogP contribution is -2.09. The molecule has 2 heterocycles. The van der Waals surface area contributed by atoms with Gasteiger partial charge in [-0.3, -0.25) is 4.68 Å². The van der Waals surface area contributed by atoms with Crippen molar-refractivity contribution in [2.75, 3.05) is 11.1 Å². The zero-order valence-corrected chi connectivity index (χ0v) is 11.4. The van der Waals surface area contributed by atoms with Crippen molar-refractivity contribution in [2.24, 2.45) is 7.05 Å². The molecule has 0 saturated heterocycles. The van der Waals surface area contributed by atoms with Gasteiger partial charge in [-0.1, -0.05) is 6.92 Å². The van der Waals surface area contributed by atoms with Gasteiger partial charge in [0.1, 0.15) is 11.4 Å². The van der Waals surface area contributed by atoms with Crippen LogP contribution in [-0.4, -0.2) is 25.8 Å². The molecule has 0 unspecified atom stereocenters. The monoisotopic (exact) mass is 275 g/mol. The van der Waals surface area contributed by atoms with Gasteiger partial charge in [-0.05, 0) is 12.5 Å². The molecule has 20 heavy (non-hydrogen) atoms. The average Bonchev–Trinajstić information content (AvgIpc) is 2.77. The van der Waals surface area contributed by atoms with Crippen molar-refractivity contribution < 1.29 is 9.90 Å². The molecule has 4 N–H and O–H groups in total. The van der Waals surface area contributed by atoms with E-state index in [-0.39, 0.29) is 5.56 Å². The largest absolute Gasteiger partial charge is 0.478 e. The SMILES string of the molecule is CCc1nn(C)cc1CNc1ncc(N)cc1C(=O)O. The summed E-state index contributed by atoms with van der Waals surface area (Å²) in [6, 6.07) is 1.39. The van der Waals surface area contributed by atoms with E-state index >= 15 is 0 Å². The van der Waals surface area contributed by atoms with Crippen molar-refractivity contribution in [2.45, 2.75) is 19.9 Å². The summed E-state index contributed by atoms with van der Waals surface area (Å²) in [5.41, 5.74) is 7.94. The minimum atomic E-state index is -1.06. The minimum absolute atomic E-state index is 0.0620. The number of pyridine rings is 1. The van der Waals surface area contributed by atoms with Crippen molar-refractivity contribution in [1.82, 2.24) is 14.8 Å². The molecule has 0 saturated carbocycles. The Morgan fingerprint density at radius 1 is 1.55 bits per heavy atom. The molecule has 0 radical (unpaired) electrons. The summed E-state index contributed by atoms with van der Waals surface area (Å²) in [6.07, 6.45) is 4.15. The van der Waals surface area contributed by atoms with Gasteiger partial charge < -0.3 is 16.2 Å². The Labute approximate surface area is 116 Å². The fourth-order valence-corrected chi connectivity index (χ4v) is 1.99. The van der Waals surface area contributed by atoms with E-state index in [1.807, 2.05) is 20.2 Å². The Morgan fingerprint density at radius 3 is 2.95 bits per heavy atom. The summed E-state index contributed by atoms with van der Waals surface area (Å²) < 4.78 is 1.74. The standard InChI is InChI=1S/C13H17N5O2/c1-3-11-8(7-18(2)17-11)5-15-12-10(13(19)20)4-9(14)6-16-12/h4,6-7H,3,5,14H2,1-2H3,(H,15,16)(H,19,20). The number of nitrogen functional groups attached to an aromatic ring is 1. The van der Waals surface area contributed by atoms with E-state index in [9.17, 15) is 4.79 Å². The third kappa shape index (κ3) is 2.87. The third-order valence-electron chi connectivity index (χ3n) is 2.91. The van der Waals surface area contributed by atoms with Gasteiger partial charge in [0.25, 0.3) is 0 Å². The van der Waals surface area contributed by atoms with Crippen LogP contribution in [0, 0.1) is 0 Å². The number of nitrogens with zero attached hydrogens (tertiary/aromatic N) is 3. The van der Waals surface area contributed by atoms with Crippen molar-refractivity contribution in [3.63, 3.8) is 0 Å². The molecule has 0 atom stereocenters. The molecule has 2 aromatic heterocycles. The summed E-state index contributed by atoms with van der Waals surface area (Å²) >= 11 is 0. The van der Waals surface area contributed by atoms with Crippen LogP contribution >= 0.6 is 0 Å². The van der Waals surface area contributed by atoms with E-state index in [0.29, 0.717) is 18.1 Å². The Balaban J connectivity index is 2.20. The lowest BCUT2D eigenvalue weighted by atomic mass is 10.2. The molecule has 0 aliphatic heterocycles. The molecule has 0 spiro atoms. The van der Waals surface area contributed by atoms with Gasteiger partial charge in [0.2, 0.25) is 0 Å². The first-order valence-corrected chi connectivity index (χ1v) is 6.25. The van der Waals surface area contributed by atoms with Crippen LogP contribution in [0.25, 0.3) is 0 Å². The number of rotatable bonds is 5. The fourth-order valence-electron chi connectivity index (χ4n) is 1.99. The average molecular weight is 275 g/mol. The van der Waals surface area contributed by atoms with Crippen molar-refractivity contribution in [3.05, 3.63) is 35.3 Å². The van der Waals surface area contributed by atoms with E-state index in [0.717, 1.165) is 17.7 Å². The first-order valence-electron chi connectivity index (χ1n) is 6.25. The first kappa shape index (κ1) is 13.9. The Kier molecular flexibility index (Phi) is 3.88. The number of anilines is 2. The van der Waals surface area contributed by atoms with Gasteiger partial charge in [-0.15, -0.1) is 0 Å². The van der Waals surface area contributed by atoms with E-state index < -0.39 is 5.97 Å². The van der Waals surface area contributed by atoms with Crippen LogP contribution in [0.1, 0.15) is 28.5 Å². The number of aromatic nitrogens is 3. The molecule has 2 aromatic rings. The minimum Gasteiger partial charge on any atom is -0.478 e. The van der Waals surface area contributed by atoms with E-state index in [4.69, 9.17) is 10.8 Å². The number of hydrogen-bond donors (Lipinski definition) is 3. The van der Waals surface area contributed by atoms with Crippen molar-refractivity contribution >= 4 is 17.5 Å². The van der Waals surface area contributed by atoms with Gasteiger partial charge in [-0.25, -0.2) is 9.78 Å². The molecule has 7 nitrogen and oxygen atoms in total. The van der Waals surface area contributed by atoms with Crippen LogP contribution in [0.5, 0.6) is 0 Å². The quantitative estimate of drug-likeness (QED) is 0.758. The molecule has 0 amide bonds. The number of aryl methyl sites for hydroxylation is 2. The molecular formula is C13H17N5O2. The second-order valence-electron chi connectivity index (χ2n) is 4.45. The number of carbonyl (C=O) groups is 1. The van der Waals surface area contributed by atoms with Crippen LogP contribution < -0.4 is 11.1 Å². The highest BCUT2D eigenvalue weighted by atomic mass is 16.4. The summed E-state index contributed by atoms with van der Waals surface area (Å²) in [5, 5.41) is 16.5. The Bertz CT molecular complexity index is 636. The topological polar surface area (TPSA) is 106 Å². The zero-order valence-electron chi connectivity index (χ0n) is 11.4. The van der Waals surface area contributed by atoms with Crippen LogP contribution in [0.4, 0.5) is 11.5 Å². The summed E-state index contributed by atoms with van der Waals surface area (Å²) in [5.74, 6) is -0.758. The fraction of sp³-hybridized carbons (Fsp3) is 0.308. The lowest BCUT2D eigenvalue weighted by molar-refractivity contribution is 0.0697. The maximum Gasteiger partial charge on any atom is 0.339 e. The van der Waals surface area contributed by atoms with Crippen molar-refractivity contribution in [3.8, 4) is 0 Å². The molecule has 7 heteroatoms. The van der Waals surface area contributed by atoms with Gasteiger partial charge in [0.15, 0.2) is 0 Å². The van der Waals surface area contributed by atoms with Gasteiger partial charge in [-0.2, -0.15) is 5.10 Å². The number of hydrogen-bond acceptors (Lipinski definition) is 5. The summed E-state index contributed by atoms with van der Waals surface area (Å²) in [7, 11) is 1.85. The van der Waals surface area contributed by atoms with Crippen LogP contribution in [-0.2, 0) is 20.0 Å². The third-order valence-corrected chi connectivity index (χ3v) is 2.91. The lowest BCUT2D eigenvalue weighted by Gasteiger charge is -2.08. The first-order chi connectivity index (χ1) is 9.51. The van der Waals surface area contributed by atoms with Crippen LogP contribution in [0.3, 0.4) is 0 Å². The van der Waals surface area contributed by atoms with Crippen LogP contribution in [0.2, 0.25) is 0 Å². The molecule has 0 aliphatic rings. The Hall–Kier alpha value is -2.57. The van der Waals surface area contributed by atoms with Crippen LogP contribution in [0.15, 0.2) is 18.5 Å². The predicted octanol–water partition coefficient (Wildman–Crippen LogP) is 1.27. The number of carboxylic acid groups (broad SMARTS) is 1. The summed E-state index contributed by atoms with van der Waals surface area (Å²) in [4.78, 5) is 15.2.